The van der Waals surface area contributed by atoms with E-state index in [0.717, 1.165) is 83.8 Å². The highest BCUT2D eigenvalue weighted by atomic mass is 16.5. The number of esters is 1. The van der Waals surface area contributed by atoms with Gasteiger partial charge in [0.15, 0.2) is 0 Å². The Morgan fingerprint density at radius 3 is 2.89 bits per heavy atom. The second kappa shape index (κ2) is 9.94. The second-order valence-electron chi connectivity index (χ2n) is 10.4. The normalized spacial score (nSPS) is 21.6. The zero-order valence-corrected chi connectivity index (χ0v) is 21.3. The number of nitrogens with zero attached hydrogens (tertiary/aromatic N) is 4. The highest BCUT2D eigenvalue weighted by molar-refractivity contribution is 5.88. The first-order chi connectivity index (χ1) is 18.0. The number of carbonyl (C=O) groups is 1. The predicted octanol–water partition coefficient (Wildman–Crippen LogP) is 4.68. The third-order valence-electron chi connectivity index (χ3n) is 7.53. The summed E-state index contributed by atoms with van der Waals surface area (Å²) in [4.78, 5) is 31.8. The Labute approximate surface area is 216 Å². The minimum atomic E-state index is -0.0185. The second-order valence-corrected chi connectivity index (χ2v) is 10.4. The van der Waals surface area contributed by atoms with Gasteiger partial charge in [0.2, 0.25) is 0 Å². The zero-order chi connectivity index (χ0) is 25.4. The van der Waals surface area contributed by atoms with Gasteiger partial charge >= 0.3 is 5.97 Å². The van der Waals surface area contributed by atoms with Gasteiger partial charge in [-0.15, -0.1) is 0 Å². The smallest absolute Gasteiger partial charge is 0.309 e. The highest BCUT2D eigenvalue weighted by Gasteiger charge is 2.37. The molecule has 1 saturated heterocycles. The molecule has 4 aromatic rings. The van der Waals surface area contributed by atoms with Crippen LogP contribution in [0.25, 0.3) is 33.5 Å². The highest BCUT2D eigenvalue weighted by Crippen LogP contribution is 2.36. The standard InChI is InChI=1S/C29H32N6O2/c1-18-4-3-5-26(34-18)28-27(32-17-33-28)20-6-7-25-21(12-20)13-23(15-31-25)30-14-19-10-22(11-19)29(36)37-24-8-9-35(2)16-24/h3-7,12-13,15,17,19,22,24,30H,8-11,14,16H2,1-2H3,(H,32,33)/t19-,22-,24-/m1/s1. The number of fused-ring (bicyclic) bond motifs is 1. The van der Waals surface area contributed by atoms with E-state index in [-0.39, 0.29) is 18.0 Å². The van der Waals surface area contributed by atoms with Crippen LogP contribution < -0.4 is 5.32 Å². The van der Waals surface area contributed by atoms with Crippen molar-refractivity contribution in [3.05, 3.63) is 60.7 Å². The van der Waals surface area contributed by atoms with Crippen molar-refractivity contribution in [3.8, 4) is 22.6 Å². The van der Waals surface area contributed by atoms with E-state index < -0.39 is 0 Å². The molecule has 0 spiro atoms. The average molecular weight is 497 g/mol. The van der Waals surface area contributed by atoms with Gasteiger partial charge in [0.25, 0.3) is 0 Å². The molecule has 1 aliphatic carbocycles. The van der Waals surface area contributed by atoms with E-state index in [2.05, 4.69) is 55.4 Å². The number of likely N-dealkylation sites (tertiary alicyclic amines) is 1. The maximum absolute atomic E-state index is 12.4. The quantitative estimate of drug-likeness (QED) is 0.359. The number of aromatic amines is 1. The molecule has 4 heterocycles. The number of carbonyl (C=O) groups excluding carboxylic acids is 1. The number of aryl methyl sites for hydroxylation is 1. The van der Waals surface area contributed by atoms with Gasteiger partial charge in [-0.2, -0.15) is 0 Å². The van der Waals surface area contributed by atoms with Crippen molar-refractivity contribution < 1.29 is 9.53 Å². The van der Waals surface area contributed by atoms with Crippen molar-refractivity contribution in [1.82, 2.24) is 24.8 Å². The largest absolute Gasteiger partial charge is 0.461 e. The topological polar surface area (TPSA) is 96.0 Å². The molecule has 6 rings (SSSR count). The Bertz CT molecular complexity index is 1430. The number of rotatable bonds is 7. The number of nitrogens with one attached hydrogen (secondary N) is 2. The molecule has 1 aromatic carbocycles. The number of H-pyrrole nitrogens is 1. The predicted molar refractivity (Wildman–Crippen MR) is 144 cm³/mol. The van der Waals surface area contributed by atoms with E-state index in [9.17, 15) is 4.79 Å². The SMILES string of the molecule is Cc1cccc(-c2[nH]cnc2-c2ccc3ncc(NC[C@H]4C[C@H](C(=O)O[C@@H]5CCN(C)C5)C4)cc3c2)n1. The number of pyridine rings is 2. The lowest BCUT2D eigenvalue weighted by Gasteiger charge is -2.34. The first-order valence-corrected chi connectivity index (χ1v) is 13.0. The lowest BCUT2D eigenvalue weighted by molar-refractivity contribution is -0.158. The third-order valence-corrected chi connectivity index (χ3v) is 7.53. The third kappa shape index (κ3) is 5.06. The van der Waals surface area contributed by atoms with Crippen molar-refractivity contribution >= 4 is 22.6 Å². The number of ether oxygens (including phenoxy) is 1. The van der Waals surface area contributed by atoms with Gasteiger partial charge in [-0.1, -0.05) is 12.1 Å². The Morgan fingerprint density at radius 1 is 1.19 bits per heavy atom. The van der Waals surface area contributed by atoms with Crippen LogP contribution in [0.4, 0.5) is 5.69 Å². The van der Waals surface area contributed by atoms with Crippen molar-refractivity contribution in [2.45, 2.75) is 32.3 Å². The monoisotopic (exact) mass is 496 g/mol. The number of likely N-dealkylation sites (N-methyl/N-ethyl adjacent to an activating group) is 1. The molecule has 37 heavy (non-hydrogen) atoms. The molecular formula is C29H32N6O2. The summed E-state index contributed by atoms with van der Waals surface area (Å²) in [6.45, 7) is 4.67. The van der Waals surface area contributed by atoms with E-state index in [1.165, 1.54) is 0 Å². The van der Waals surface area contributed by atoms with E-state index in [0.29, 0.717) is 5.92 Å². The van der Waals surface area contributed by atoms with Crippen molar-refractivity contribution in [1.29, 1.82) is 0 Å². The molecule has 3 aromatic heterocycles. The molecule has 8 heteroatoms. The summed E-state index contributed by atoms with van der Waals surface area (Å²) in [5, 5.41) is 4.57. The van der Waals surface area contributed by atoms with Crippen LogP contribution in [-0.2, 0) is 9.53 Å². The summed E-state index contributed by atoms with van der Waals surface area (Å²) >= 11 is 0. The maximum atomic E-state index is 12.4. The van der Waals surface area contributed by atoms with Crippen LogP contribution in [0.3, 0.4) is 0 Å². The molecule has 2 aliphatic rings. The molecular weight excluding hydrogens is 464 g/mol. The van der Waals surface area contributed by atoms with E-state index in [4.69, 9.17) is 4.74 Å². The fourth-order valence-electron chi connectivity index (χ4n) is 5.37. The van der Waals surface area contributed by atoms with Gasteiger partial charge in [0.05, 0.1) is 46.7 Å². The van der Waals surface area contributed by atoms with Crippen LogP contribution in [0, 0.1) is 18.8 Å². The molecule has 1 aliphatic heterocycles. The molecule has 0 amide bonds. The first-order valence-electron chi connectivity index (χ1n) is 13.0. The minimum Gasteiger partial charge on any atom is -0.461 e. The minimum absolute atomic E-state index is 0.0185. The number of anilines is 1. The van der Waals surface area contributed by atoms with Gasteiger partial charge in [-0.3, -0.25) is 14.8 Å². The fourth-order valence-corrected chi connectivity index (χ4v) is 5.37. The van der Waals surface area contributed by atoms with Crippen molar-refractivity contribution in [3.63, 3.8) is 0 Å². The Hall–Kier alpha value is -3.78. The summed E-state index contributed by atoms with van der Waals surface area (Å²) in [7, 11) is 2.07. The van der Waals surface area contributed by atoms with Crippen LogP contribution >= 0.6 is 0 Å². The Balaban J connectivity index is 1.09. The van der Waals surface area contributed by atoms with Crippen LogP contribution in [0.15, 0.2) is 55.0 Å². The lowest BCUT2D eigenvalue weighted by Crippen LogP contribution is -2.37. The van der Waals surface area contributed by atoms with Crippen LogP contribution in [0.1, 0.15) is 25.0 Å². The summed E-state index contributed by atoms with van der Waals surface area (Å²) in [6, 6.07) is 14.3. The Morgan fingerprint density at radius 2 is 2.08 bits per heavy atom. The fraction of sp³-hybridized carbons (Fsp3) is 0.379. The van der Waals surface area contributed by atoms with Crippen LogP contribution in [0.5, 0.6) is 0 Å². The number of imidazole rings is 1. The summed E-state index contributed by atoms with van der Waals surface area (Å²) in [5.41, 5.74) is 6.54. The van der Waals surface area contributed by atoms with Crippen LogP contribution in [0.2, 0.25) is 0 Å². The van der Waals surface area contributed by atoms with Gasteiger partial charge in [0, 0.05) is 36.3 Å². The lowest BCUT2D eigenvalue weighted by atomic mass is 9.75. The first kappa shape index (κ1) is 23.6. The van der Waals surface area contributed by atoms with Gasteiger partial charge < -0.3 is 19.9 Å². The number of hydrogen-bond donors (Lipinski definition) is 2. The number of hydrogen-bond acceptors (Lipinski definition) is 7. The molecule has 0 bridgehead atoms. The molecule has 8 nitrogen and oxygen atoms in total. The molecule has 2 fully saturated rings. The molecule has 1 saturated carbocycles. The maximum Gasteiger partial charge on any atom is 0.309 e. The van der Waals surface area contributed by atoms with Gasteiger partial charge in [-0.05, 0) is 69.5 Å². The summed E-state index contributed by atoms with van der Waals surface area (Å²) in [6.07, 6.45) is 6.36. The van der Waals surface area contributed by atoms with Gasteiger partial charge in [0.1, 0.15) is 6.10 Å². The molecule has 1 atom stereocenters. The van der Waals surface area contributed by atoms with E-state index >= 15 is 0 Å². The van der Waals surface area contributed by atoms with Crippen molar-refractivity contribution in [2.75, 3.05) is 32.0 Å². The molecule has 0 radical (unpaired) electrons. The molecule has 2 N–H and O–H groups in total. The van der Waals surface area contributed by atoms with E-state index in [1.807, 2.05) is 37.4 Å². The number of benzene rings is 1. The Kier molecular flexibility index (Phi) is 6.34. The van der Waals surface area contributed by atoms with Gasteiger partial charge in [-0.25, -0.2) is 4.98 Å². The molecule has 0 unspecified atom stereocenters. The molecule has 190 valence electrons. The average Bonchev–Trinajstić information content (AvgIpc) is 3.51. The number of aromatic nitrogens is 4. The van der Waals surface area contributed by atoms with Crippen molar-refractivity contribution in [2.24, 2.45) is 11.8 Å². The summed E-state index contributed by atoms with van der Waals surface area (Å²) < 4.78 is 5.71. The summed E-state index contributed by atoms with van der Waals surface area (Å²) in [5.74, 6) is 0.496. The zero-order valence-electron chi connectivity index (χ0n) is 21.3. The van der Waals surface area contributed by atoms with Crippen LogP contribution in [-0.4, -0.2) is 63.6 Å². The van der Waals surface area contributed by atoms with E-state index in [1.54, 1.807) is 6.33 Å².